The van der Waals surface area contributed by atoms with Crippen LogP contribution in [0.15, 0.2) is 29.6 Å². The van der Waals surface area contributed by atoms with Gasteiger partial charge in [0.15, 0.2) is 16.8 Å². The number of aromatic nitrogens is 2. The number of aliphatic carboxylic acids is 1. The van der Waals surface area contributed by atoms with E-state index in [-0.39, 0.29) is 5.75 Å². The van der Waals surface area contributed by atoms with Gasteiger partial charge in [-0.15, -0.1) is 0 Å². The van der Waals surface area contributed by atoms with E-state index in [9.17, 15) is 13.6 Å². The van der Waals surface area contributed by atoms with Crippen molar-refractivity contribution in [2.45, 2.75) is 18.5 Å². The van der Waals surface area contributed by atoms with E-state index < -0.39 is 17.6 Å². The number of imidazole rings is 1. The van der Waals surface area contributed by atoms with Crippen molar-refractivity contribution >= 4 is 17.7 Å². The minimum Gasteiger partial charge on any atom is -0.481 e. The van der Waals surface area contributed by atoms with Gasteiger partial charge in [0.1, 0.15) is 0 Å². The zero-order chi connectivity index (χ0) is 14.7. The first kappa shape index (κ1) is 14.5. The van der Waals surface area contributed by atoms with Gasteiger partial charge in [-0.05, 0) is 18.6 Å². The first-order chi connectivity index (χ1) is 9.52. The molecule has 106 valence electrons. The van der Waals surface area contributed by atoms with Gasteiger partial charge >= 0.3 is 5.97 Å². The maximum Gasteiger partial charge on any atom is 0.313 e. The molecule has 0 saturated carbocycles. The molecule has 1 aromatic carbocycles. The number of aryl methyl sites for hydroxylation is 1. The highest BCUT2D eigenvalue weighted by atomic mass is 32.2. The molecule has 0 radical (unpaired) electrons. The smallest absolute Gasteiger partial charge is 0.313 e. The molecule has 0 aliphatic rings. The van der Waals surface area contributed by atoms with Crippen LogP contribution in [0.25, 0.3) is 5.69 Å². The average Bonchev–Trinajstić information content (AvgIpc) is 2.82. The molecular weight excluding hydrogens is 286 g/mol. The molecule has 2 rings (SSSR count). The summed E-state index contributed by atoms with van der Waals surface area (Å²) in [5.41, 5.74) is 1.22. The predicted molar refractivity (Wildman–Crippen MR) is 71.2 cm³/mol. The maximum absolute atomic E-state index is 13.3. The SMILES string of the molecule is CCc1cnc(SCC(=O)O)n1-c1ccc(F)c(F)c1. The summed E-state index contributed by atoms with van der Waals surface area (Å²) in [6.07, 6.45) is 2.24. The number of rotatable bonds is 5. The van der Waals surface area contributed by atoms with Gasteiger partial charge in [-0.1, -0.05) is 18.7 Å². The lowest BCUT2D eigenvalue weighted by Crippen LogP contribution is -2.04. The zero-order valence-corrected chi connectivity index (χ0v) is 11.5. The summed E-state index contributed by atoms with van der Waals surface area (Å²) >= 11 is 1.03. The summed E-state index contributed by atoms with van der Waals surface area (Å²) in [5, 5.41) is 9.15. The molecule has 1 aromatic heterocycles. The molecule has 4 nitrogen and oxygen atoms in total. The highest BCUT2D eigenvalue weighted by Gasteiger charge is 2.14. The van der Waals surface area contributed by atoms with Crippen molar-refractivity contribution in [3.63, 3.8) is 0 Å². The van der Waals surface area contributed by atoms with Crippen LogP contribution in [0.5, 0.6) is 0 Å². The Morgan fingerprint density at radius 1 is 1.40 bits per heavy atom. The first-order valence-electron chi connectivity index (χ1n) is 5.89. The van der Waals surface area contributed by atoms with Crippen molar-refractivity contribution in [1.29, 1.82) is 0 Å². The number of carboxylic acid groups (broad SMARTS) is 1. The van der Waals surface area contributed by atoms with Gasteiger partial charge in [-0.3, -0.25) is 9.36 Å². The normalized spacial score (nSPS) is 10.8. The van der Waals surface area contributed by atoms with Crippen molar-refractivity contribution in [3.05, 3.63) is 41.7 Å². The minimum absolute atomic E-state index is 0.149. The monoisotopic (exact) mass is 298 g/mol. The molecule has 7 heteroatoms. The second-order valence-electron chi connectivity index (χ2n) is 4.00. The second kappa shape index (κ2) is 6.04. The van der Waals surface area contributed by atoms with E-state index >= 15 is 0 Å². The fourth-order valence-electron chi connectivity index (χ4n) is 1.75. The Labute approximate surface area is 118 Å². The Bertz CT molecular complexity index is 643. The first-order valence-corrected chi connectivity index (χ1v) is 6.88. The van der Waals surface area contributed by atoms with Crippen molar-refractivity contribution in [1.82, 2.24) is 9.55 Å². The summed E-state index contributed by atoms with van der Waals surface area (Å²) in [6, 6.07) is 3.54. The van der Waals surface area contributed by atoms with Gasteiger partial charge in [0.05, 0.1) is 11.4 Å². The van der Waals surface area contributed by atoms with E-state index in [1.54, 1.807) is 10.8 Å². The second-order valence-corrected chi connectivity index (χ2v) is 4.94. The molecule has 1 heterocycles. The summed E-state index contributed by atoms with van der Waals surface area (Å²) in [5.74, 6) is -2.99. The summed E-state index contributed by atoms with van der Waals surface area (Å²) < 4.78 is 28.0. The molecule has 0 aliphatic carbocycles. The quantitative estimate of drug-likeness (QED) is 0.862. The molecule has 0 atom stereocenters. The summed E-state index contributed by atoms with van der Waals surface area (Å²) in [4.78, 5) is 14.8. The molecule has 0 amide bonds. The highest BCUT2D eigenvalue weighted by molar-refractivity contribution is 7.99. The van der Waals surface area contributed by atoms with Gasteiger partial charge < -0.3 is 5.11 Å². The molecule has 1 N–H and O–H groups in total. The maximum atomic E-state index is 13.3. The Morgan fingerprint density at radius 2 is 2.15 bits per heavy atom. The Hall–Kier alpha value is -1.89. The summed E-state index contributed by atoms with van der Waals surface area (Å²) in [7, 11) is 0. The fraction of sp³-hybridized carbons (Fsp3) is 0.231. The largest absolute Gasteiger partial charge is 0.481 e. The van der Waals surface area contributed by atoms with Crippen LogP contribution in [0.2, 0.25) is 0 Å². The Morgan fingerprint density at radius 3 is 2.75 bits per heavy atom. The standard InChI is InChI=1S/C13H12F2N2O2S/c1-2-8-6-16-13(20-7-12(18)19)17(8)9-3-4-10(14)11(15)5-9/h3-6H,2,7H2,1H3,(H,18,19). The van der Waals surface area contributed by atoms with Crippen LogP contribution in [0.3, 0.4) is 0 Å². The highest BCUT2D eigenvalue weighted by Crippen LogP contribution is 2.24. The molecule has 0 spiro atoms. The van der Waals surface area contributed by atoms with Crippen LogP contribution in [0.4, 0.5) is 8.78 Å². The Balaban J connectivity index is 2.44. The van der Waals surface area contributed by atoms with Crippen molar-refractivity contribution in [2.24, 2.45) is 0 Å². The van der Waals surface area contributed by atoms with E-state index in [0.717, 1.165) is 29.6 Å². The average molecular weight is 298 g/mol. The molecule has 0 bridgehead atoms. The molecule has 0 aliphatic heterocycles. The lowest BCUT2D eigenvalue weighted by Gasteiger charge is -2.10. The number of hydrogen-bond acceptors (Lipinski definition) is 3. The third-order valence-corrected chi connectivity index (χ3v) is 3.59. The van der Waals surface area contributed by atoms with Crippen LogP contribution in [-0.4, -0.2) is 26.4 Å². The number of halogens is 2. The number of benzene rings is 1. The molecule has 0 unspecified atom stereocenters. The van der Waals surface area contributed by atoms with Gasteiger partial charge in [0.2, 0.25) is 0 Å². The third kappa shape index (κ3) is 2.98. The van der Waals surface area contributed by atoms with E-state index in [1.165, 1.54) is 6.07 Å². The fourth-order valence-corrected chi connectivity index (χ4v) is 2.48. The van der Waals surface area contributed by atoms with Crippen LogP contribution in [-0.2, 0) is 11.2 Å². The third-order valence-electron chi connectivity index (χ3n) is 2.65. The van der Waals surface area contributed by atoms with Crippen molar-refractivity contribution < 1.29 is 18.7 Å². The van der Waals surface area contributed by atoms with Crippen LogP contribution < -0.4 is 0 Å². The minimum atomic E-state index is -0.965. The number of thioether (sulfide) groups is 1. The number of carboxylic acids is 1. The summed E-state index contributed by atoms with van der Waals surface area (Å²) in [6.45, 7) is 1.90. The molecule has 20 heavy (non-hydrogen) atoms. The van der Waals surface area contributed by atoms with Gasteiger partial charge in [0.25, 0.3) is 0 Å². The van der Waals surface area contributed by atoms with Crippen LogP contribution in [0, 0.1) is 11.6 Å². The van der Waals surface area contributed by atoms with Crippen molar-refractivity contribution in [2.75, 3.05) is 5.75 Å². The van der Waals surface area contributed by atoms with Gasteiger partial charge in [0, 0.05) is 18.0 Å². The molecule has 0 fully saturated rings. The number of nitrogens with zero attached hydrogens (tertiary/aromatic N) is 2. The van der Waals surface area contributed by atoms with E-state index in [0.29, 0.717) is 17.3 Å². The predicted octanol–water partition coefficient (Wildman–Crippen LogP) is 2.89. The number of carbonyl (C=O) groups is 1. The van der Waals surface area contributed by atoms with Crippen LogP contribution in [0.1, 0.15) is 12.6 Å². The van der Waals surface area contributed by atoms with E-state index in [2.05, 4.69) is 4.98 Å². The van der Waals surface area contributed by atoms with E-state index in [4.69, 9.17) is 5.11 Å². The number of hydrogen-bond donors (Lipinski definition) is 1. The van der Waals surface area contributed by atoms with Crippen molar-refractivity contribution in [3.8, 4) is 5.69 Å². The topological polar surface area (TPSA) is 55.1 Å². The van der Waals surface area contributed by atoms with Crippen LogP contribution >= 0.6 is 11.8 Å². The molecule has 0 saturated heterocycles. The lowest BCUT2D eigenvalue weighted by atomic mass is 10.2. The Kier molecular flexibility index (Phi) is 4.39. The van der Waals surface area contributed by atoms with Gasteiger partial charge in [-0.25, -0.2) is 13.8 Å². The van der Waals surface area contributed by atoms with Gasteiger partial charge in [-0.2, -0.15) is 0 Å². The zero-order valence-electron chi connectivity index (χ0n) is 10.6. The molecule has 2 aromatic rings. The van der Waals surface area contributed by atoms with E-state index in [1.807, 2.05) is 6.92 Å². The molecular formula is C13H12F2N2O2S. The lowest BCUT2D eigenvalue weighted by molar-refractivity contribution is -0.133.